The second-order valence-electron chi connectivity index (χ2n) is 3.35. The van der Waals surface area contributed by atoms with Crippen molar-refractivity contribution in [1.82, 2.24) is 0 Å². The maximum Gasteiger partial charge on any atom is 1.00 e. The minimum atomic E-state index is -1.07. The van der Waals surface area contributed by atoms with Crippen LogP contribution in [0.15, 0.2) is 0 Å². The van der Waals surface area contributed by atoms with E-state index < -0.39 is 11.8 Å². The van der Waals surface area contributed by atoms with E-state index in [1.54, 1.807) is 13.8 Å². The number of carboxylic acids is 1. The van der Waals surface area contributed by atoms with E-state index in [0.29, 0.717) is 13.0 Å². The first-order chi connectivity index (χ1) is 5.49. The number of carbonyl (C=O) groups excluding carboxylic acids is 1. The van der Waals surface area contributed by atoms with E-state index in [0.717, 1.165) is 0 Å². The van der Waals surface area contributed by atoms with Crippen molar-refractivity contribution in [2.75, 3.05) is 6.61 Å². The molecule has 0 radical (unpaired) electrons. The second kappa shape index (κ2) is 5.32. The Morgan fingerprint density at radius 1 is 1.62 bits per heavy atom. The third-order valence-electron chi connectivity index (χ3n) is 1.73. The van der Waals surface area contributed by atoms with Gasteiger partial charge in [0.05, 0.1) is 12.7 Å². The number of hydrogen-bond acceptors (Lipinski definition) is 4. The summed E-state index contributed by atoms with van der Waals surface area (Å²) in [5.74, 6) is -1.73. The van der Waals surface area contributed by atoms with Gasteiger partial charge in [0.2, 0.25) is 0 Å². The first-order valence-corrected chi connectivity index (χ1v) is 4.01. The molecule has 1 unspecified atom stereocenters. The number of hydrogen-bond donors (Lipinski definition) is 0. The fourth-order valence-electron chi connectivity index (χ4n) is 1.26. The minimum Gasteiger partial charge on any atom is -0.550 e. The number of ether oxygens (including phenoxy) is 2. The summed E-state index contributed by atoms with van der Waals surface area (Å²) in [4.78, 5) is 10.2. The molecule has 4 nitrogen and oxygen atoms in total. The van der Waals surface area contributed by atoms with Crippen molar-refractivity contribution in [3.05, 3.63) is 0 Å². The Morgan fingerprint density at radius 2 is 2.23 bits per heavy atom. The predicted molar refractivity (Wildman–Crippen MR) is 39.1 cm³/mol. The molecule has 5 heteroatoms. The first kappa shape index (κ1) is 13.4. The summed E-state index contributed by atoms with van der Waals surface area (Å²) in [6.07, 6.45) is 0.309. The van der Waals surface area contributed by atoms with Crippen molar-refractivity contribution >= 4 is 5.97 Å². The Balaban J connectivity index is 0.00000144. The Bertz CT molecular complexity index is 181. The molecule has 0 aliphatic carbocycles. The normalized spacial score (nSPS) is 26.2. The van der Waals surface area contributed by atoms with Gasteiger partial charge >= 0.3 is 29.6 Å². The van der Waals surface area contributed by atoms with Gasteiger partial charge in [-0.1, -0.05) is 0 Å². The molecule has 0 aromatic rings. The Morgan fingerprint density at radius 3 is 2.69 bits per heavy atom. The molecule has 0 bridgehead atoms. The maximum atomic E-state index is 10.2. The van der Waals surface area contributed by atoms with E-state index in [4.69, 9.17) is 9.47 Å². The monoisotopic (exact) mass is 196 g/mol. The molecule has 1 aliphatic rings. The summed E-state index contributed by atoms with van der Waals surface area (Å²) in [6, 6.07) is 0. The Hall–Kier alpha value is 0.390. The van der Waals surface area contributed by atoms with Crippen molar-refractivity contribution in [3.8, 4) is 0 Å². The molecule has 0 N–H and O–H groups in total. The van der Waals surface area contributed by atoms with E-state index in [2.05, 4.69) is 0 Å². The topological polar surface area (TPSA) is 58.6 Å². The molecular formula is C8H13NaO4. The SMILES string of the molecule is CC1(C)OCCC(CC(=O)[O-])O1.[Na+]. The van der Waals surface area contributed by atoms with Crippen LogP contribution in [0.4, 0.5) is 0 Å². The zero-order chi connectivity index (χ0) is 9.19. The zero-order valence-corrected chi connectivity index (χ0v) is 10.3. The quantitative estimate of drug-likeness (QED) is 0.433. The van der Waals surface area contributed by atoms with Gasteiger partial charge in [0.1, 0.15) is 0 Å². The summed E-state index contributed by atoms with van der Waals surface area (Å²) in [6.45, 7) is 4.09. The third-order valence-corrected chi connectivity index (χ3v) is 1.73. The predicted octanol–water partition coefficient (Wildman–Crippen LogP) is -3.33. The molecule has 0 saturated carbocycles. The Kier molecular flexibility index (Phi) is 5.47. The first-order valence-electron chi connectivity index (χ1n) is 4.01. The van der Waals surface area contributed by atoms with E-state index in [1.807, 2.05) is 0 Å². The van der Waals surface area contributed by atoms with Crippen LogP contribution in [0.3, 0.4) is 0 Å². The van der Waals surface area contributed by atoms with Crippen LogP contribution in [-0.2, 0) is 14.3 Å². The van der Waals surface area contributed by atoms with Crippen LogP contribution in [0.25, 0.3) is 0 Å². The van der Waals surface area contributed by atoms with E-state index in [9.17, 15) is 9.90 Å². The van der Waals surface area contributed by atoms with Gasteiger partial charge < -0.3 is 19.4 Å². The number of carboxylic acid groups (broad SMARTS) is 1. The van der Waals surface area contributed by atoms with Crippen molar-refractivity contribution in [2.45, 2.75) is 38.6 Å². The fourth-order valence-corrected chi connectivity index (χ4v) is 1.26. The minimum absolute atomic E-state index is 0. The summed E-state index contributed by atoms with van der Waals surface area (Å²) < 4.78 is 10.6. The van der Waals surface area contributed by atoms with Gasteiger partial charge in [-0.3, -0.25) is 0 Å². The largest absolute Gasteiger partial charge is 1.00 e. The smallest absolute Gasteiger partial charge is 0.550 e. The summed E-state index contributed by atoms with van der Waals surface area (Å²) in [5, 5.41) is 10.2. The van der Waals surface area contributed by atoms with Crippen molar-refractivity contribution in [3.63, 3.8) is 0 Å². The van der Waals surface area contributed by atoms with Crippen LogP contribution in [0.2, 0.25) is 0 Å². The number of rotatable bonds is 2. The van der Waals surface area contributed by atoms with Crippen LogP contribution in [0, 0.1) is 0 Å². The molecule has 1 atom stereocenters. The van der Waals surface area contributed by atoms with Crippen molar-refractivity contribution in [2.24, 2.45) is 0 Å². The van der Waals surface area contributed by atoms with Crippen LogP contribution in [0.5, 0.6) is 0 Å². The maximum absolute atomic E-state index is 10.2. The molecule has 1 rings (SSSR count). The molecule has 1 fully saturated rings. The van der Waals surface area contributed by atoms with E-state index >= 15 is 0 Å². The average molecular weight is 196 g/mol. The van der Waals surface area contributed by atoms with Crippen LogP contribution < -0.4 is 34.7 Å². The zero-order valence-electron chi connectivity index (χ0n) is 8.33. The van der Waals surface area contributed by atoms with Crippen LogP contribution in [-0.4, -0.2) is 24.5 Å². The molecule has 0 aromatic heterocycles. The molecule has 13 heavy (non-hydrogen) atoms. The van der Waals surface area contributed by atoms with Gasteiger partial charge in [-0.15, -0.1) is 0 Å². The van der Waals surface area contributed by atoms with Crippen LogP contribution >= 0.6 is 0 Å². The molecular weight excluding hydrogens is 183 g/mol. The standard InChI is InChI=1S/C8H14O4.Na/c1-8(2)11-4-3-6(12-8)5-7(9)10;/h6H,3-5H2,1-2H3,(H,9,10);/q;+1/p-1. The molecule has 0 spiro atoms. The average Bonchev–Trinajstić information content (AvgIpc) is 1.82. The third kappa shape index (κ3) is 4.98. The molecule has 1 heterocycles. The van der Waals surface area contributed by atoms with Crippen LogP contribution in [0.1, 0.15) is 26.7 Å². The van der Waals surface area contributed by atoms with Crippen molar-refractivity contribution in [1.29, 1.82) is 0 Å². The Labute approximate surface area is 99.9 Å². The fraction of sp³-hybridized carbons (Fsp3) is 0.875. The van der Waals surface area contributed by atoms with E-state index in [-0.39, 0.29) is 42.1 Å². The molecule has 0 aromatic carbocycles. The van der Waals surface area contributed by atoms with E-state index in [1.165, 1.54) is 0 Å². The molecule has 70 valence electrons. The molecule has 1 saturated heterocycles. The molecule has 0 amide bonds. The number of aliphatic carboxylic acids is 1. The van der Waals surface area contributed by atoms with Gasteiger partial charge in [0.25, 0.3) is 0 Å². The van der Waals surface area contributed by atoms with Crippen molar-refractivity contribution < 1.29 is 48.9 Å². The van der Waals surface area contributed by atoms with Gasteiger partial charge in [0, 0.05) is 12.4 Å². The second-order valence-corrected chi connectivity index (χ2v) is 3.35. The summed E-state index contributed by atoms with van der Waals surface area (Å²) in [5.41, 5.74) is 0. The van der Waals surface area contributed by atoms with Gasteiger partial charge in [-0.05, 0) is 20.3 Å². The summed E-state index contributed by atoms with van der Waals surface area (Å²) in [7, 11) is 0. The summed E-state index contributed by atoms with van der Waals surface area (Å²) >= 11 is 0. The number of carbonyl (C=O) groups is 1. The van der Waals surface area contributed by atoms with Gasteiger partial charge in [0.15, 0.2) is 5.79 Å². The molecule has 1 aliphatic heterocycles. The van der Waals surface area contributed by atoms with Gasteiger partial charge in [-0.25, -0.2) is 0 Å². The van der Waals surface area contributed by atoms with Gasteiger partial charge in [-0.2, -0.15) is 0 Å².